The first-order valence-corrected chi connectivity index (χ1v) is 6.39. The Bertz CT molecular complexity index is 591. The third-order valence-corrected chi connectivity index (χ3v) is 3.07. The molecule has 0 spiro atoms. The lowest BCUT2D eigenvalue weighted by Crippen LogP contribution is -2.27. The number of aryl methyl sites for hydroxylation is 2. The molecule has 1 aromatic carbocycles. The molecule has 0 aliphatic rings. The van der Waals surface area contributed by atoms with Crippen LogP contribution in [0.25, 0.3) is 0 Å². The monoisotopic (exact) mass is 273 g/mol. The lowest BCUT2D eigenvalue weighted by molar-refractivity contribution is 0.0952. The summed E-state index contributed by atoms with van der Waals surface area (Å²) in [4.78, 5) is 20.1. The van der Waals surface area contributed by atoms with Crippen molar-refractivity contribution in [1.82, 2.24) is 15.3 Å². The molecule has 0 radical (unpaired) electrons. The molecule has 0 saturated heterocycles. The van der Waals surface area contributed by atoms with Crippen molar-refractivity contribution in [1.29, 1.82) is 0 Å². The number of nitrogens with one attached hydrogen (secondary N) is 1. The molecular formula is C15H16FN3O. The van der Waals surface area contributed by atoms with E-state index in [1.807, 2.05) is 0 Å². The summed E-state index contributed by atoms with van der Waals surface area (Å²) in [5, 5.41) is 2.83. The van der Waals surface area contributed by atoms with Gasteiger partial charge >= 0.3 is 0 Å². The van der Waals surface area contributed by atoms with Crippen molar-refractivity contribution in [2.45, 2.75) is 20.3 Å². The zero-order chi connectivity index (χ0) is 14.5. The van der Waals surface area contributed by atoms with Crippen LogP contribution in [0.3, 0.4) is 0 Å². The van der Waals surface area contributed by atoms with E-state index in [2.05, 4.69) is 15.3 Å². The minimum absolute atomic E-state index is 0.178. The molecule has 20 heavy (non-hydrogen) atoms. The molecular weight excluding hydrogens is 257 g/mol. The zero-order valence-corrected chi connectivity index (χ0v) is 11.5. The zero-order valence-electron chi connectivity index (χ0n) is 11.5. The molecule has 2 rings (SSSR count). The molecule has 1 N–H and O–H groups in total. The van der Waals surface area contributed by atoms with Crippen LogP contribution in [-0.2, 0) is 6.42 Å². The van der Waals surface area contributed by atoms with E-state index in [0.717, 1.165) is 5.56 Å². The highest BCUT2D eigenvalue weighted by atomic mass is 19.1. The summed E-state index contributed by atoms with van der Waals surface area (Å²) in [6.07, 6.45) is 2.10. The fraction of sp³-hybridized carbons (Fsp3) is 0.267. The Labute approximate surface area is 117 Å². The fourth-order valence-electron chi connectivity index (χ4n) is 1.98. The maximum absolute atomic E-state index is 12.8. The molecule has 1 heterocycles. The Kier molecular flexibility index (Phi) is 4.40. The molecule has 1 aromatic heterocycles. The van der Waals surface area contributed by atoms with E-state index < -0.39 is 0 Å². The second-order valence-electron chi connectivity index (χ2n) is 4.55. The Morgan fingerprint density at radius 3 is 2.35 bits per heavy atom. The number of amides is 1. The summed E-state index contributed by atoms with van der Waals surface area (Å²) < 4.78 is 12.8. The van der Waals surface area contributed by atoms with Crippen molar-refractivity contribution in [3.05, 3.63) is 58.9 Å². The van der Waals surface area contributed by atoms with Gasteiger partial charge < -0.3 is 5.32 Å². The second-order valence-corrected chi connectivity index (χ2v) is 4.55. The molecule has 0 saturated carbocycles. The Balaban J connectivity index is 1.94. The second kappa shape index (κ2) is 6.23. The van der Waals surface area contributed by atoms with Crippen molar-refractivity contribution in [2.24, 2.45) is 0 Å². The van der Waals surface area contributed by atoms with Crippen LogP contribution in [0.1, 0.15) is 27.3 Å². The number of hydrogen-bond donors (Lipinski definition) is 1. The maximum atomic E-state index is 12.8. The Morgan fingerprint density at radius 1 is 1.15 bits per heavy atom. The van der Waals surface area contributed by atoms with Crippen molar-refractivity contribution in [2.75, 3.05) is 6.54 Å². The molecule has 0 bridgehead atoms. The van der Waals surface area contributed by atoms with Gasteiger partial charge in [-0.05, 0) is 38.0 Å². The highest BCUT2D eigenvalue weighted by Crippen LogP contribution is 2.08. The van der Waals surface area contributed by atoms with E-state index in [4.69, 9.17) is 0 Å². The van der Waals surface area contributed by atoms with Gasteiger partial charge in [0.1, 0.15) is 12.1 Å². The summed E-state index contributed by atoms with van der Waals surface area (Å²) in [5.41, 5.74) is 2.82. The Morgan fingerprint density at radius 2 is 1.75 bits per heavy atom. The number of aromatic nitrogens is 2. The third-order valence-electron chi connectivity index (χ3n) is 3.07. The van der Waals surface area contributed by atoms with Crippen LogP contribution in [0.5, 0.6) is 0 Å². The SMILES string of the molecule is Cc1ncnc(C)c1C(=O)NCCc1ccc(F)cc1. The van der Waals surface area contributed by atoms with E-state index in [9.17, 15) is 9.18 Å². The van der Waals surface area contributed by atoms with Crippen LogP contribution >= 0.6 is 0 Å². The van der Waals surface area contributed by atoms with Gasteiger partial charge in [-0.3, -0.25) is 4.79 Å². The van der Waals surface area contributed by atoms with Gasteiger partial charge in [-0.25, -0.2) is 14.4 Å². The topological polar surface area (TPSA) is 54.9 Å². The van der Waals surface area contributed by atoms with Gasteiger partial charge in [0.2, 0.25) is 0 Å². The first-order chi connectivity index (χ1) is 9.58. The van der Waals surface area contributed by atoms with Gasteiger partial charge in [-0.2, -0.15) is 0 Å². The van der Waals surface area contributed by atoms with E-state index in [1.54, 1.807) is 26.0 Å². The first-order valence-electron chi connectivity index (χ1n) is 6.39. The molecule has 0 atom stereocenters. The largest absolute Gasteiger partial charge is 0.352 e. The van der Waals surface area contributed by atoms with Gasteiger partial charge in [0, 0.05) is 6.54 Å². The van der Waals surface area contributed by atoms with Crippen LogP contribution in [0.4, 0.5) is 4.39 Å². The molecule has 2 aromatic rings. The van der Waals surface area contributed by atoms with Crippen molar-refractivity contribution in [3.8, 4) is 0 Å². The van der Waals surface area contributed by atoms with Crippen LogP contribution in [-0.4, -0.2) is 22.4 Å². The number of carbonyl (C=O) groups is 1. The Hall–Kier alpha value is -2.30. The number of halogens is 1. The maximum Gasteiger partial charge on any atom is 0.254 e. The van der Waals surface area contributed by atoms with Crippen molar-refractivity contribution in [3.63, 3.8) is 0 Å². The summed E-state index contributed by atoms with van der Waals surface area (Å²) in [5.74, 6) is -0.437. The van der Waals surface area contributed by atoms with Crippen LogP contribution in [0.2, 0.25) is 0 Å². The van der Waals surface area contributed by atoms with E-state index >= 15 is 0 Å². The van der Waals surface area contributed by atoms with Gasteiger partial charge in [0.05, 0.1) is 17.0 Å². The fourth-order valence-corrected chi connectivity index (χ4v) is 1.98. The summed E-state index contributed by atoms with van der Waals surface area (Å²) in [6, 6.07) is 6.25. The van der Waals surface area contributed by atoms with Gasteiger partial charge in [-0.15, -0.1) is 0 Å². The predicted molar refractivity (Wildman–Crippen MR) is 73.9 cm³/mol. The molecule has 1 amide bonds. The van der Waals surface area contributed by atoms with Crippen molar-refractivity contribution >= 4 is 5.91 Å². The summed E-state index contributed by atoms with van der Waals surface area (Å²) in [6.45, 7) is 4.05. The highest BCUT2D eigenvalue weighted by molar-refractivity contribution is 5.96. The lowest BCUT2D eigenvalue weighted by Gasteiger charge is -2.09. The lowest BCUT2D eigenvalue weighted by atomic mass is 10.1. The van der Waals surface area contributed by atoms with E-state index in [0.29, 0.717) is 29.9 Å². The third kappa shape index (κ3) is 3.38. The molecule has 0 fully saturated rings. The van der Waals surface area contributed by atoms with Gasteiger partial charge in [0.15, 0.2) is 0 Å². The normalized spacial score (nSPS) is 10.3. The number of benzene rings is 1. The smallest absolute Gasteiger partial charge is 0.254 e. The molecule has 4 nitrogen and oxygen atoms in total. The number of hydrogen-bond acceptors (Lipinski definition) is 3. The number of nitrogens with zero attached hydrogens (tertiary/aromatic N) is 2. The predicted octanol–water partition coefficient (Wildman–Crippen LogP) is 2.21. The van der Waals surface area contributed by atoms with Gasteiger partial charge in [-0.1, -0.05) is 12.1 Å². The molecule has 0 unspecified atom stereocenters. The van der Waals surface area contributed by atoms with Crippen LogP contribution < -0.4 is 5.32 Å². The highest BCUT2D eigenvalue weighted by Gasteiger charge is 2.13. The summed E-state index contributed by atoms with van der Waals surface area (Å²) in [7, 11) is 0. The van der Waals surface area contributed by atoms with Crippen LogP contribution in [0.15, 0.2) is 30.6 Å². The van der Waals surface area contributed by atoms with Crippen molar-refractivity contribution < 1.29 is 9.18 Å². The number of carbonyl (C=O) groups excluding carboxylic acids is 1. The minimum Gasteiger partial charge on any atom is -0.352 e. The minimum atomic E-state index is -0.259. The molecule has 0 aliphatic heterocycles. The molecule has 0 aliphatic carbocycles. The van der Waals surface area contributed by atoms with E-state index in [1.165, 1.54) is 18.5 Å². The molecule has 5 heteroatoms. The average Bonchev–Trinajstić information content (AvgIpc) is 2.41. The average molecular weight is 273 g/mol. The standard InChI is InChI=1S/C15H16FN3O/c1-10-14(11(2)19-9-18-10)15(20)17-8-7-12-3-5-13(16)6-4-12/h3-6,9H,7-8H2,1-2H3,(H,17,20). The number of rotatable bonds is 4. The quantitative estimate of drug-likeness (QED) is 0.929. The first kappa shape index (κ1) is 14.1. The van der Waals surface area contributed by atoms with Gasteiger partial charge in [0.25, 0.3) is 5.91 Å². The van der Waals surface area contributed by atoms with E-state index in [-0.39, 0.29) is 11.7 Å². The van der Waals surface area contributed by atoms with Crippen LogP contribution in [0, 0.1) is 19.7 Å². The summed E-state index contributed by atoms with van der Waals surface area (Å²) >= 11 is 0. The molecule has 104 valence electrons.